The lowest BCUT2D eigenvalue weighted by Crippen LogP contribution is -2.00. The summed E-state index contributed by atoms with van der Waals surface area (Å²) >= 11 is 1.01. The minimum absolute atomic E-state index is 0.0208. The van der Waals surface area contributed by atoms with Crippen molar-refractivity contribution in [3.63, 3.8) is 0 Å². The van der Waals surface area contributed by atoms with Gasteiger partial charge in [0.25, 0.3) is 0 Å². The van der Waals surface area contributed by atoms with E-state index in [0.717, 1.165) is 11.5 Å². The van der Waals surface area contributed by atoms with Gasteiger partial charge in [0.2, 0.25) is 5.69 Å². The van der Waals surface area contributed by atoms with E-state index in [1.807, 2.05) is 0 Å². The molecule has 0 aliphatic carbocycles. The zero-order chi connectivity index (χ0) is 7.56. The van der Waals surface area contributed by atoms with Crippen LogP contribution in [0.4, 0.5) is 0 Å². The van der Waals surface area contributed by atoms with Gasteiger partial charge in [-0.2, -0.15) is 4.37 Å². The van der Waals surface area contributed by atoms with E-state index >= 15 is 0 Å². The first kappa shape index (κ1) is 7.01. The standard InChI is InChI=1S/C5H5NO3S/c1-9-5(8)4-3(7)2-10-6-4/h2,7H,1H3. The Kier molecular flexibility index (Phi) is 1.86. The Morgan fingerprint density at radius 3 is 3.00 bits per heavy atom. The van der Waals surface area contributed by atoms with E-state index in [0.29, 0.717) is 0 Å². The predicted octanol–water partition coefficient (Wildman–Crippen LogP) is 0.635. The fraction of sp³-hybridized carbons (Fsp3) is 0.200. The van der Waals surface area contributed by atoms with Crippen LogP contribution in [-0.2, 0) is 4.74 Å². The zero-order valence-electron chi connectivity index (χ0n) is 5.20. The molecule has 5 heteroatoms. The maximum Gasteiger partial charge on any atom is 0.361 e. The molecule has 0 aliphatic heterocycles. The number of hydrogen-bond acceptors (Lipinski definition) is 5. The Morgan fingerprint density at radius 1 is 1.90 bits per heavy atom. The van der Waals surface area contributed by atoms with Crippen LogP contribution < -0.4 is 0 Å². The van der Waals surface area contributed by atoms with Crippen molar-refractivity contribution in [1.29, 1.82) is 0 Å². The molecule has 54 valence electrons. The average molecular weight is 159 g/mol. The lowest BCUT2D eigenvalue weighted by molar-refractivity contribution is 0.0592. The molecule has 0 spiro atoms. The summed E-state index contributed by atoms with van der Waals surface area (Å²) in [6, 6.07) is 0. The molecule has 0 unspecified atom stereocenters. The van der Waals surface area contributed by atoms with E-state index in [1.165, 1.54) is 12.5 Å². The number of ether oxygens (including phenoxy) is 1. The highest BCUT2D eigenvalue weighted by atomic mass is 32.1. The minimum atomic E-state index is -0.612. The molecule has 0 atom stereocenters. The van der Waals surface area contributed by atoms with E-state index in [-0.39, 0.29) is 11.4 Å². The van der Waals surface area contributed by atoms with Crippen molar-refractivity contribution in [2.24, 2.45) is 0 Å². The third kappa shape index (κ3) is 1.08. The highest BCUT2D eigenvalue weighted by Gasteiger charge is 2.13. The number of carbonyl (C=O) groups is 1. The van der Waals surface area contributed by atoms with Crippen LogP contribution in [0.2, 0.25) is 0 Å². The molecule has 1 heterocycles. The van der Waals surface area contributed by atoms with Gasteiger partial charge in [0.15, 0.2) is 5.75 Å². The molecule has 10 heavy (non-hydrogen) atoms. The van der Waals surface area contributed by atoms with Gasteiger partial charge in [-0.1, -0.05) is 0 Å². The van der Waals surface area contributed by atoms with Crippen molar-refractivity contribution >= 4 is 17.5 Å². The molecule has 0 amide bonds. The Morgan fingerprint density at radius 2 is 2.60 bits per heavy atom. The third-order valence-electron chi connectivity index (χ3n) is 0.930. The van der Waals surface area contributed by atoms with E-state index in [2.05, 4.69) is 9.11 Å². The first-order valence-electron chi connectivity index (χ1n) is 2.47. The number of aromatic hydroxyl groups is 1. The molecule has 1 rings (SSSR count). The normalized spacial score (nSPS) is 9.30. The molecular formula is C5H5NO3S. The fourth-order valence-electron chi connectivity index (χ4n) is 0.470. The summed E-state index contributed by atoms with van der Waals surface area (Å²) in [6.45, 7) is 0. The van der Waals surface area contributed by atoms with Crippen LogP contribution in [0.3, 0.4) is 0 Å². The summed E-state index contributed by atoms with van der Waals surface area (Å²) in [7, 11) is 1.24. The van der Waals surface area contributed by atoms with Crippen LogP contribution in [0.25, 0.3) is 0 Å². The quantitative estimate of drug-likeness (QED) is 0.611. The molecule has 4 nitrogen and oxygen atoms in total. The topological polar surface area (TPSA) is 59.4 Å². The van der Waals surface area contributed by atoms with Crippen LogP contribution in [-0.4, -0.2) is 22.6 Å². The number of nitrogens with zero attached hydrogens (tertiary/aromatic N) is 1. The van der Waals surface area contributed by atoms with Crippen LogP contribution in [0.15, 0.2) is 5.38 Å². The molecule has 0 saturated heterocycles. The third-order valence-corrected chi connectivity index (χ3v) is 1.55. The fourth-order valence-corrected chi connectivity index (χ4v) is 1.01. The summed E-state index contributed by atoms with van der Waals surface area (Å²) < 4.78 is 7.92. The van der Waals surface area contributed by atoms with Crippen molar-refractivity contribution in [1.82, 2.24) is 4.37 Å². The number of methoxy groups -OCH3 is 1. The zero-order valence-corrected chi connectivity index (χ0v) is 6.01. The highest BCUT2D eigenvalue weighted by molar-refractivity contribution is 7.04. The lowest BCUT2D eigenvalue weighted by Gasteiger charge is -1.92. The molecule has 0 aliphatic rings. The van der Waals surface area contributed by atoms with Crippen molar-refractivity contribution < 1.29 is 14.6 Å². The summed E-state index contributed by atoms with van der Waals surface area (Å²) in [5, 5.41) is 10.3. The highest BCUT2D eigenvalue weighted by Crippen LogP contribution is 2.17. The van der Waals surface area contributed by atoms with Gasteiger partial charge in [0, 0.05) is 0 Å². The van der Waals surface area contributed by atoms with Crippen molar-refractivity contribution in [2.45, 2.75) is 0 Å². The number of rotatable bonds is 1. The van der Waals surface area contributed by atoms with Gasteiger partial charge < -0.3 is 9.84 Å². The van der Waals surface area contributed by atoms with Crippen LogP contribution in [0.1, 0.15) is 10.5 Å². The molecule has 1 N–H and O–H groups in total. The molecular weight excluding hydrogens is 154 g/mol. The predicted molar refractivity (Wildman–Crippen MR) is 35.1 cm³/mol. The van der Waals surface area contributed by atoms with Crippen molar-refractivity contribution in [3.8, 4) is 5.75 Å². The second-order valence-corrected chi connectivity index (χ2v) is 2.17. The summed E-state index contributed by atoms with van der Waals surface area (Å²) in [5.41, 5.74) is -0.0208. The van der Waals surface area contributed by atoms with Crippen LogP contribution >= 0.6 is 11.5 Å². The van der Waals surface area contributed by atoms with E-state index in [1.54, 1.807) is 0 Å². The van der Waals surface area contributed by atoms with Gasteiger partial charge in [-0.05, 0) is 11.5 Å². The van der Waals surface area contributed by atoms with Crippen LogP contribution in [0, 0.1) is 0 Å². The van der Waals surface area contributed by atoms with E-state index < -0.39 is 5.97 Å². The van der Waals surface area contributed by atoms with Gasteiger partial charge in [0.1, 0.15) is 0 Å². The Bertz CT molecular complexity index is 245. The van der Waals surface area contributed by atoms with Gasteiger partial charge in [0.05, 0.1) is 12.5 Å². The Labute approximate surface area is 61.2 Å². The minimum Gasteiger partial charge on any atom is -0.505 e. The van der Waals surface area contributed by atoms with Gasteiger partial charge in [-0.15, -0.1) is 0 Å². The molecule has 0 saturated carbocycles. The lowest BCUT2D eigenvalue weighted by atomic mass is 10.4. The number of carbonyl (C=O) groups excluding carboxylic acids is 1. The Balaban J connectivity index is 2.93. The second-order valence-electron chi connectivity index (χ2n) is 1.54. The van der Waals surface area contributed by atoms with Gasteiger partial charge >= 0.3 is 5.97 Å². The number of aromatic nitrogens is 1. The first-order valence-corrected chi connectivity index (χ1v) is 3.31. The number of esters is 1. The summed E-state index contributed by atoms with van der Waals surface area (Å²) in [5.74, 6) is -0.740. The van der Waals surface area contributed by atoms with Gasteiger partial charge in [-0.25, -0.2) is 4.79 Å². The molecule has 0 aromatic carbocycles. The monoisotopic (exact) mass is 159 g/mol. The van der Waals surface area contributed by atoms with Crippen LogP contribution in [0.5, 0.6) is 5.75 Å². The molecule has 0 bridgehead atoms. The molecule has 0 radical (unpaired) electrons. The van der Waals surface area contributed by atoms with Crippen molar-refractivity contribution in [3.05, 3.63) is 11.1 Å². The van der Waals surface area contributed by atoms with E-state index in [4.69, 9.17) is 5.11 Å². The maximum absolute atomic E-state index is 10.7. The molecule has 1 aromatic heterocycles. The second kappa shape index (κ2) is 2.66. The molecule has 0 fully saturated rings. The summed E-state index contributed by atoms with van der Waals surface area (Å²) in [4.78, 5) is 10.7. The smallest absolute Gasteiger partial charge is 0.361 e. The molecule has 1 aromatic rings. The SMILES string of the molecule is COC(=O)c1nscc1O. The van der Waals surface area contributed by atoms with Gasteiger partial charge in [-0.3, -0.25) is 0 Å². The maximum atomic E-state index is 10.7. The van der Waals surface area contributed by atoms with E-state index in [9.17, 15) is 4.79 Å². The first-order chi connectivity index (χ1) is 4.75. The Hall–Kier alpha value is -1.10. The van der Waals surface area contributed by atoms with Crippen molar-refractivity contribution in [2.75, 3.05) is 7.11 Å². The number of hydrogen-bond donors (Lipinski definition) is 1. The largest absolute Gasteiger partial charge is 0.505 e. The average Bonchev–Trinajstić information content (AvgIpc) is 2.34. The summed E-state index contributed by atoms with van der Waals surface area (Å²) in [6.07, 6.45) is 0.